The third kappa shape index (κ3) is 5.90. The SMILES string of the molecule is CC1=[C](/[Zr+2](=[CH]/c2ccc(C(C)(C)C)cc2)[c]2cccc3c2Cc2ccccc2-3)C(C)C=C1[Si](C)(C)C.[Cl-].[Cl-]. The van der Waals surface area contributed by atoms with Gasteiger partial charge in [-0.15, -0.1) is 0 Å². The molecule has 0 fully saturated rings. The van der Waals surface area contributed by atoms with Crippen molar-refractivity contribution in [1.29, 1.82) is 0 Å². The molecule has 0 amide bonds. The van der Waals surface area contributed by atoms with Crippen molar-refractivity contribution in [3.05, 3.63) is 109 Å². The molecule has 38 heavy (non-hydrogen) atoms. The van der Waals surface area contributed by atoms with E-state index in [1.807, 2.05) is 0 Å². The Morgan fingerprint density at radius 2 is 1.47 bits per heavy atom. The summed E-state index contributed by atoms with van der Waals surface area (Å²) in [6.07, 6.45) is 3.71. The van der Waals surface area contributed by atoms with Crippen LogP contribution in [0.15, 0.2) is 86.9 Å². The summed E-state index contributed by atoms with van der Waals surface area (Å²) in [4.78, 5) is 0. The summed E-state index contributed by atoms with van der Waals surface area (Å²) in [7, 11) is -1.39. The van der Waals surface area contributed by atoms with E-state index in [1.54, 1.807) is 22.9 Å². The van der Waals surface area contributed by atoms with Crippen molar-refractivity contribution in [3.63, 3.8) is 0 Å². The molecule has 0 saturated heterocycles. The van der Waals surface area contributed by atoms with Gasteiger partial charge in [-0.3, -0.25) is 0 Å². The van der Waals surface area contributed by atoms with Crippen LogP contribution in [0.2, 0.25) is 19.6 Å². The Morgan fingerprint density at radius 1 is 0.842 bits per heavy atom. The summed E-state index contributed by atoms with van der Waals surface area (Å²) in [5.41, 5.74) is 10.6. The van der Waals surface area contributed by atoms with Crippen LogP contribution in [-0.4, -0.2) is 11.8 Å². The van der Waals surface area contributed by atoms with Crippen molar-refractivity contribution < 1.29 is 46.1 Å². The Kier molecular flexibility index (Phi) is 9.58. The monoisotopic (exact) mass is 636 g/mol. The van der Waals surface area contributed by atoms with E-state index in [2.05, 4.69) is 131 Å². The number of halogens is 2. The van der Waals surface area contributed by atoms with Crippen LogP contribution < -0.4 is 28.1 Å². The Morgan fingerprint density at radius 3 is 2.08 bits per heavy atom. The number of rotatable bonds is 4. The van der Waals surface area contributed by atoms with E-state index >= 15 is 0 Å². The molecule has 0 radical (unpaired) electrons. The minimum Gasteiger partial charge on any atom is -1.00 e. The maximum absolute atomic E-state index is 2.74. The first-order valence-electron chi connectivity index (χ1n) is 13.4. The van der Waals surface area contributed by atoms with Crippen LogP contribution >= 0.6 is 0 Å². The molecule has 0 heterocycles. The number of hydrogen-bond donors (Lipinski definition) is 0. The molecule has 0 nitrogen and oxygen atoms in total. The van der Waals surface area contributed by atoms with Gasteiger partial charge in [0, 0.05) is 0 Å². The van der Waals surface area contributed by atoms with Crippen molar-refractivity contribution in [2.24, 2.45) is 5.92 Å². The van der Waals surface area contributed by atoms with Crippen LogP contribution in [0.1, 0.15) is 56.9 Å². The van der Waals surface area contributed by atoms with Crippen LogP contribution in [0.4, 0.5) is 0 Å². The fraction of sp³-hybridized carbons (Fsp3) is 0.324. The molecule has 0 aromatic heterocycles. The molecule has 2 aliphatic rings. The predicted molar refractivity (Wildman–Crippen MR) is 158 cm³/mol. The van der Waals surface area contributed by atoms with Crippen LogP contribution in [-0.2, 0) is 33.1 Å². The summed E-state index contributed by atoms with van der Waals surface area (Å²) in [5.74, 6) is 0.547. The normalized spacial score (nSPS) is 16.4. The van der Waals surface area contributed by atoms with E-state index in [-0.39, 0.29) is 30.2 Å². The standard InChI is InChI=1S/C13H9.C11H14.C10H17Si.2ClH.Zr/c1-3-7-12-10(5-1)9-11-6-2-4-8-13(11)12;1-9-5-7-10(8-6-9)11(2,3)4;1-8-6-9(2)10(7-8)11(3,4)5;;;/h1-5,7-8H,9H2;1,5-8H,2-4H3;7-8H,1-5H3;2*1H;/q;;;;;+2/p-2. The van der Waals surface area contributed by atoms with E-state index in [9.17, 15) is 0 Å². The van der Waals surface area contributed by atoms with Crippen molar-refractivity contribution in [2.75, 3.05) is 0 Å². The molecule has 3 aromatic carbocycles. The summed E-state index contributed by atoms with van der Waals surface area (Å²) >= 11 is -2.39. The first-order valence-corrected chi connectivity index (χ1v) is 20.8. The van der Waals surface area contributed by atoms with E-state index in [1.165, 1.54) is 27.8 Å². The zero-order chi connectivity index (χ0) is 25.8. The van der Waals surface area contributed by atoms with Crippen LogP contribution in [0.3, 0.4) is 0 Å². The second-order valence-electron chi connectivity index (χ2n) is 12.8. The molecule has 0 aliphatic heterocycles. The Labute approximate surface area is 251 Å². The predicted octanol–water partition coefficient (Wildman–Crippen LogP) is 2.38. The van der Waals surface area contributed by atoms with Gasteiger partial charge in [0.15, 0.2) is 0 Å². The second-order valence-corrected chi connectivity index (χ2v) is 23.2. The van der Waals surface area contributed by atoms with Crippen LogP contribution in [0.5, 0.6) is 0 Å². The van der Waals surface area contributed by atoms with Gasteiger partial charge in [-0.05, 0) is 0 Å². The minimum atomic E-state index is -2.39. The van der Waals surface area contributed by atoms with Crippen LogP contribution in [0.25, 0.3) is 11.1 Å². The maximum atomic E-state index is 2.74. The molecule has 198 valence electrons. The van der Waals surface area contributed by atoms with Gasteiger partial charge in [0.1, 0.15) is 0 Å². The quantitative estimate of drug-likeness (QED) is 0.302. The van der Waals surface area contributed by atoms with Crippen molar-refractivity contribution >= 4 is 15.1 Å². The van der Waals surface area contributed by atoms with Crippen molar-refractivity contribution in [3.8, 4) is 11.1 Å². The summed E-state index contributed by atoms with van der Waals surface area (Å²) < 4.78 is 6.21. The third-order valence-corrected chi connectivity index (χ3v) is 17.7. The molecule has 0 bridgehead atoms. The van der Waals surface area contributed by atoms with E-state index < -0.39 is 29.3 Å². The van der Waals surface area contributed by atoms with E-state index in [0.717, 1.165) is 6.42 Å². The number of fused-ring (bicyclic) bond motifs is 3. The number of benzene rings is 3. The van der Waals surface area contributed by atoms with Crippen molar-refractivity contribution in [2.45, 2.75) is 66.1 Å². The summed E-state index contributed by atoms with van der Waals surface area (Å²) in [6.45, 7) is 19.3. The van der Waals surface area contributed by atoms with Gasteiger partial charge in [0.05, 0.1) is 0 Å². The number of allylic oxidation sites excluding steroid dienone is 4. The zero-order valence-electron chi connectivity index (χ0n) is 24.0. The second kappa shape index (κ2) is 11.7. The number of hydrogen-bond acceptors (Lipinski definition) is 0. The maximum Gasteiger partial charge on any atom is -1.00 e. The topological polar surface area (TPSA) is 0 Å². The molecule has 1 atom stereocenters. The van der Waals surface area contributed by atoms with Crippen LogP contribution in [0, 0.1) is 5.92 Å². The van der Waals surface area contributed by atoms with Crippen molar-refractivity contribution in [1.82, 2.24) is 0 Å². The zero-order valence-corrected chi connectivity index (χ0v) is 29.0. The van der Waals surface area contributed by atoms with Gasteiger partial charge >= 0.3 is 229 Å². The Bertz CT molecular complexity index is 1430. The molecule has 2 aliphatic carbocycles. The molecular weight excluding hydrogens is 599 g/mol. The fourth-order valence-corrected chi connectivity index (χ4v) is 16.0. The van der Waals surface area contributed by atoms with Gasteiger partial charge in [-0.2, -0.15) is 0 Å². The first kappa shape index (κ1) is 31.2. The summed E-state index contributed by atoms with van der Waals surface area (Å²) in [6, 6.07) is 25.7. The van der Waals surface area contributed by atoms with Gasteiger partial charge in [0.2, 0.25) is 0 Å². The fourth-order valence-electron chi connectivity index (χ4n) is 6.16. The minimum absolute atomic E-state index is 0. The van der Waals surface area contributed by atoms with Gasteiger partial charge in [-0.1, -0.05) is 0 Å². The third-order valence-electron chi connectivity index (χ3n) is 8.01. The average Bonchev–Trinajstić information content (AvgIpc) is 3.34. The average molecular weight is 639 g/mol. The Balaban J connectivity index is 0.00000200. The van der Waals surface area contributed by atoms with Gasteiger partial charge in [0.25, 0.3) is 0 Å². The van der Waals surface area contributed by atoms with E-state index in [0.29, 0.717) is 5.92 Å². The van der Waals surface area contributed by atoms with E-state index in [4.69, 9.17) is 0 Å². The molecule has 1 unspecified atom stereocenters. The molecule has 0 spiro atoms. The first-order chi connectivity index (χ1) is 16.9. The largest absolute Gasteiger partial charge is 1.00 e. The van der Waals surface area contributed by atoms with Gasteiger partial charge < -0.3 is 24.8 Å². The molecular formula is C34H40Cl2SiZr. The molecule has 3 aromatic rings. The molecule has 5 rings (SSSR count). The smallest absolute Gasteiger partial charge is 1.00 e. The van der Waals surface area contributed by atoms with Gasteiger partial charge in [-0.25, -0.2) is 0 Å². The molecule has 0 saturated carbocycles. The Hall–Kier alpha value is -1.31. The molecule has 0 N–H and O–H groups in total. The summed E-state index contributed by atoms with van der Waals surface area (Å²) in [5, 5.41) is 1.69. The molecule has 4 heteroatoms.